The summed E-state index contributed by atoms with van der Waals surface area (Å²) in [6.45, 7) is 4.86. The molecule has 9 heteroatoms. The van der Waals surface area contributed by atoms with Crippen LogP contribution in [-0.4, -0.2) is 49.9 Å². The molecule has 0 heterocycles. The zero-order valence-electron chi connectivity index (χ0n) is 29.1. The fraction of sp³-hybridized carbons (Fsp3) is 0.861. The van der Waals surface area contributed by atoms with Gasteiger partial charge in [-0.15, -0.1) is 0 Å². The van der Waals surface area contributed by atoms with Gasteiger partial charge in [0.05, 0.1) is 19.8 Å². The number of phosphoric acid groups is 1. The van der Waals surface area contributed by atoms with Crippen LogP contribution in [0, 0.1) is 0 Å². The van der Waals surface area contributed by atoms with Gasteiger partial charge in [-0.05, 0) is 38.5 Å². The van der Waals surface area contributed by atoms with Crippen LogP contribution in [-0.2, 0) is 27.9 Å². The largest absolute Gasteiger partial charge is 0.472 e. The van der Waals surface area contributed by atoms with Gasteiger partial charge in [-0.3, -0.25) is 13.8 Å². The van der Waals surface area contributed by atoms with Crippen LogP contribution in [0.1, 0.15) is 162 Å². The molecule has 0 aromatic carbocycles. The fourth-order valence-corrected chi connectivity index (χ4v) is 5.66. The van der Waals surface area contributed by atoms with E-state index in [0.29, 0.717) is 13.0 Å². The van der Waals surface area contributed by atoms with Crippen molar-refractivity contribution >= 4 is 13.8 Å². The Morgan fingerprint density at radius 2 is 1.20 bits per heavy atom. The van der Waals surface area contributed by atoms with Gasteiger partial charge in [-0.2, -0.15) is 0 Å². The van der Waals surface area contributed by atoms with Crippen molar-refractivity contribution in [1.82, 2.24) is 0 Å². The molecule has 0 aliphatic heterocycles. The van der Waals surface area contributed by atoms with E-state index in [4.69, 9.17) is 24.3 Å². The summed E-state index contributed by atoms with van der Waals surface area (Å²) < 4.78 is 33.2. The first kappa shape index (κ1) is 44.0. The summed E-state index contributed by atoms with van der Waals surface area (Å²) >= 11 is 0. The van der Waals surface area contributed by atoms with Gasteiger partial charge in [0.1, 0.15) is 6.10 Å². The van der Waals surface area contributed by atoms with E-state index in [2.05, 4.69) is 38.2 Å². The molecular formula is C36H70NO7P. The molecule has 45 heavy (non-hydrogen) atoms. The molecular weight excluding hydrogens is 589 g/mol. The van der Waals surface area contributed by atoms with Crippen molar-refractivity contribution in [3.8, 4) is 0 Å². The third kappa shape index (κ3) is 34.1. The Kier molecular flexibility index (Phi) is 33.5. The summed E-state index contributed by atoms with van der Waals surface area (Å²) in [6, 6.07) is 0. The van der Waals surface area contributed by atoms with E-state index in [1.807, 2.05) is 0 Å². The monoisotopic (exact) mass is 659 g/mol. The number of hydrogen-bond donors (Lipinski definition) is 2. The second kappa shape index (κ2) is 34.3. The highest BCUT2D eigenvalue weighted by atomic mass is 31.2. The third-order valence-corrected chi connectivity index (χ3v) is 8.61. The number of carbonyl (C=O) groups is 1. The molecule has 0 radical (unpaired) electrons. The highest BCUT2D eigenvalue weighted by Crippen LogP contribution is 2.43. The number of hydrogen-bond acceptors (Lipinski definition) is 7. The first-order valence-electron chi connectivity index (χ1n) is 18.3. The van der Waals surface area contributed by atoms with Crippen molar-refractivity contribution in [2.24, 2.45) is 5.73 Å². The number of ether oxygens (including phenoxy) is 2. The van der Waals surface area contributed by atoms with Crippen molar-refractivity contribution in [3.63, 3.8) is 0 Å². The molecule has 0 aromatic rings. The van der Waals surface area contributed by atoms with Gasteiger partial charge in [0.2, 0.25) is 0 Å². The molecule has 0 saturated carbocycles. The normalized spacial score (nSPS) is 14.0. The molecule has 0 fully saturated rings. The summed E-state index contributed by atoms with van der Waals surface area (Å²) in [5, 5.41) is 0. The number of phosphoric ester groups is 1. The Morgan fingerprint density at radius 1 is 0.667 bits per heavy atom. The van der Waals surface area contributed by atoms with E-state index in [1.54, 1.807) is 0 Å². The number of allylic oxidation sites excluding steroid dienone is 4. The van der Waals surface area contributed by atoms with Crippen LogP contribution in [0.15, 0.2) is 24.3 Å². The molecule has 0 amide bonds. The Morgan fingerprint density at radius 3 is 1.80 bits per heavy atom. The lowest BCUT2D eigenvalue weighted by atomic mass is 10.1. The summed E-state index contributed by atoms with van der Waals surface area (Å²) in [5.41, 5.74) is 5.34. The zero-order valence-corrected chi connectivity index (χ0v) is 30.0. The van der Waals surface area contributed by atoms with E-state index in [-0.39, 0.29) is 32.3 Å². The standard InChI is InChI=1S/C36H70NO7P/c1-3-5-7-9-11-13-15-17-18-19-21-23-25-27-29-36(38)44-35(34-43-45(39,40)42-32-30-37)33-41-31-28-26-24-22-20-16-14-12-10-8-6-4-2/h9,11,15,17,35H,3-8,10,12-14,16,18-34,37H2,1-2H3,(H,39,40)/b11-9-,17-15-. The highest BCUT2D eigenvalue weighted by molar-refractivity contribution is 7.47. The lowest BCUT2D eigenvalue weighted by molar-refractivity contribution is -0.154. The van der Waals surface area contributed by atoms with Crippen molar-refractivity contribution < 1.29 is 32.8 Å². The average Bonchev–Trinajstić information content (AvgIpc) is 3.02. The maximum absolute atomic E-state index is 12.5. The van der Waals surface area contributed by atoms with Crippen LogP contribution in [0.2, 0.25) is 0 Å². The molecule has 0 aromatic heterocycles. The average molecular weight is 660 g/mol. The maximum atomic E-state index is 12.5. The topological polar surface area (TPSA) is 117 Å². The quantitative estimate of drug-likeness (QED) is 0.0299. The van der Waals surface area contributed by atoms with E-state index >= 15 is 0 Å². The molecule has 0 aliphatic rings. The van der Waals surface area contributed by atoms with E-state index in [9.17, 15) is 14.3 Å². The smallest absolute Gasteiger partial charge is 0.457 e. The molecule has 0 aliphatic carbocycles. The lowest BCUT2D eigenvalue weighted by Crippen LogP contribution is -2.28. The van der Waals surface area contributed by atoms with Gasteiger partial charge in [-0.25, -0.2) is 4.57 Å². The van der Waals surface area contributed by atoms with Crippen LogP contribution in [0.3, 0.4) is 0 Å². The molecule has 2 atom stereocenters. The van der Waals surface area contributed by atoms with E-state index in [0.717, 1.165) is 57.8 Å². The van der Waals surface area contributed by atoms with Crippen LogP contribution in [0.5, 0.6) is 0 Å². The van der Waals surface area contributed by atoms with Crippen molar-refractivity contribution in [1.29, 1.82) is 0 Å². The SMILES string of the molecule is CCCC/C=C\C/C=C\CCCCCCCC(=O)OC(COCCCCCCCCCCCCCC)COP(=O)(O)OCCN. The minimum Gasteiger partial charge on any atom is -0.457 e. The first-order chi connectivity index (χ1) is 21.9. The number of nitrogens with two attached hydrogens (primary N) is 1. The number of unbranched alkanes of at least 4 members (excludes halogenated alkanes) is 18. The molecule has 3 N–H and O–H groups in total. The van der Waals surface area contributed by atoms with Crippen LogP contribution < -0.4 is 5.73 Å². The highest BCUT2D eigenvalue weighted by Gasteiger charge is 2.25. The van der Waals surface area contributed by atoms with Crippen LogP contribution >= 0.6 is 7.82 Å². The molecule has 266 valence electrons. The summed E-state index contributed by atoms with van der Waals surface area (Å²) in [5.74, 6) is -0.344. The summed E-state index contributed by atoms with van der Waals surface area (Å²) in [6.07, 6.45) is 34.7. The minimum absolute atomic E-state index is 0.0968. The van der Waals surface area contributed by atoms with E-state index in [1.165, 1.54) is 83.5 Å². The maximum Gasteiger partial charge on any atom is 0.472 e. The lowest BCUT2D eigenvalue weighted by Gasteiger charge is -2.20. The zero-order chi connectivity index (χ0) is 33.1. The van der Waals surface area contributed by atoms with Crippen molar-refractivity contribution in [2.75, 3.05) is 33.0 Å². The summed E-state index contributed by atoms with van der Waals surface area (Å²) in [7, 11) is -4.27. The van der Waals surface area contributed by atoms with Crippen LogP contribution in [0.4, 0.5) is 0 Å². The van der Waals surface area contributed by atoms with Crippen molar-refractivity contribution in [2.45, 2.75) is 168 Å². The third-order valence-electron chi connectivity index (χ3n) is 7.62. The second-order valence-electron chi connectivity index (χ2n) is 12.1. The Balaban J connectivity index is 4.13. The van der Waals surface area contributed by atoms with Gasteiger partial charge >= 0.3 is 13.8 Å². The number of carbonyl (C=O) groups excluding carboxylic acids is 1. The van der Waals surface area contributed by atoms with Gasteiger partial charge in [0.15, 0.2) is 0 Å². The van der Waals surface area contributed by atoms with E-state index < -0.39 is 13.9 Å². The first-order valence-corrected chi connectivity index (χ1v) is 19.8. The number of esters is 1. The van der Waals surface area contributed by atoms with Crippen LogP contribution in [0.25, 0.3) is 0 Å². The second-order valence-corrected chi connectivity index (χ2v) is 13.5. The molecule has 0 spiro atoms. The Labute approximate surface area is 276 Å². The molecule has 0 saturated heterocycles. The van der Waals surface area contributed by atoms with Gasteiger partial charge in [0, 0.05) is 19.6 Å². The predicted molar refractivity (Wildman–Crippen MR) is 187 cm³/mol. The Bertz CT molecular complexity index is 747. The molecule has 0 rings (SSSR count). The molecule has 2 unspecified atom stereocenters. The van der Waals surface area contributed by atoms with Crippen molar-refractivity contribution in [3.05, 3.63) is 24.3 Å². The van der Waals surface area contributed by atoms with Gasteiger partial charge in [-0.1, -0.05) is 141 Å². The predicted octanol–water partition coefficient (Wildman–Crippen LogP) is 10.1. The number of rotatable bonds is 35. The Hall–Kier alpha value is -1.02. The van der Waals surface area contributed by atoms with Gasteiger partial charge in [0.25, 0.3) is 0 Å². The minimum atomic E-state index is -4.27. The molecule has 8 nitrogen and oxygen atoms in total. The molecule has 0 bridgehead atoms. The van der Waals surface area contributed by atoms with Gasteiger partial charge < -0.3 is 20.1 Å². The fourth-order valence-electron chi connectivity index (χ4n) is 4.89. The summed E-state index contributed by atoms with van der Waals surface area (Å²) in [4.78, 5) is 22.3.